The van der Waals surface area contributed by atoms with Gasteiger partial charge in [-0.3, -0.25) is 4.79 Å². The zero-order valence-electron chi connectivity index (χ0n) is 17.4. The van der Waals surface area contributed by atoms with Crippen molar-refractivity contribution >= 4 is 22.4 Å². The molecule has 150 valence electrons. The molecule has 1 aliphatic rings. The Morgan fingerprint density at radius 3 is 2.50 bits per heavy atom. The van der Waals surface area contributed by atoms with Gasteiger partial charge in [-0.1, -0.05) is 91.6 Å². The Labute approximate surface area is 179 Å². The van der Waals surface area contributed by atoms with Crippen molar-refractivity contribution in [3.05, 3.63) is 90.0 Å². The second-order valence-corrected chi connectivity index (χ2v) is 7.83. The Balaban J connectivity index is 1.76. The Kier molecular flexibility index (Phi) is 6.00. The Morgan fingerprint density at radius 1 is 0.967 bits per heavy atom. The number of hydrogen-bond acceptors (Lipinski definition) is 1. The lowest BCUT2D eigenvalue weighted by Crippen LogP contribution is -2.39. The second kappa shape index (κ2) is 9.01. The Morgan fingerprint density at radius 2 is 1.73 bits per heavy atom. The van der Waals surface area contributed by atoms with E-state index in [1.165, 1.54) is 12.8 Å². The van der Waals surface area contributed by atoms with Gasteiger partial charge in [-0.25, -0.2) is 0 Å². The van der Waals surface area contributed by atoms with Gasteiger partial charge >= 0.3 is 0 Å². The number of amides is 1. The maximum atomic E-state index is 13.7. The van der Waals surface area contributed by atoms with Gasteiger partial charge in [0.25, 0.3) is 0 Å². The van der Waals surface area contributed by atoms with E-state index in [0.29, 0.717) is 6.42 Å². The van der Waals surface area contributed by atoms with Crippen molar-refractivity contribution in [1.82, 2.24) is 0 Å². The van der Waals surface area contributed by atoms with Crippen LogP contribution >= 0.6 is 0 Å². The molecule has 1 N–H and O–H groups in total. The molecule has 0 spiro atoms. The minimum atomic E-state index is -0.892. The van der Waals surface area contributed by atoms with Crippen LogP contribution in [-0.2, 0) is 10.2 Å². The molecular weight excluding hydrogens is 366 g/mol. The van der Waals surface area contributed by atoms with E-state index in [4.69, 9.17) is 0 Å². The first kappa shape index (κ1) is 20.0. The van der Waals surface area contributed by atoms with Gasteiger partial charge in [-0.15, -0.1) is 0 Å². The number of rotatable bonds is 4. The van der Waals surface area contributed by atoms with Crippen molar-refractivity contribution in [2.24, 2.45) is 0 Å². The van der Waals surface area contributed by atoms with Crippen molar-refractivity contribution in [3.63, 3.8) is 0 Å². The molecule has 0 bridgehead atoms. The summed E-state index contributed by atoms with van der Waals surface area (Å²) in [6.45, 7) is 2.04. The summed E-state index contributed by atoms with van der Waals surface area (Å²) in [5, 5.41) is 5.35. The first-order chi connectivity index (χ1) is 14.7. The van der Waals surface area contributed by atoms with E-state index in [2.05, 4.69) is 35.4 Å². The van der Waals surface area contributed by atoms with Crippen LogP contribution in [-0.4, -0.2) is 5.91 Å². The molecule has 0 heterocycles. The van der Waals surface area contributed by atoms with Gasteiger partial charge in [0.2, 0.25) is 5.91 Å². The average Bonchev–Trinajstić information content (AvgIpc) is 2.81. The van der Waals surface area contributed by atoms with Gasteiger partial charge < -0.3 is 5.32 Å². The third-order valence-electron chi connectivity index (χ3n) is 5.95. The molecule has 4 rings (SSSR count). The van der Waals surface area contributed by atoms with Gasteiger partial charge in [-0.05, 0) is 54.7 Å². The van der Waals surface area contributed by atoms with Crippen LogP contribution in [0.3, 0.4) is 0 Å². The molecular formula is C28H27NO. The fraction of sp³-hybridized carbons (Fsp3) is 0.250. The zero-order valence-corrected chi connectivity index (χ0v) is 17.4. The van der Waals surface area contributed by atoms with Crippen molar-refractivity contribution in [2.75, 3.05) is 5.32 Å². The fourth-order valence-electron chi connectivity index (χ4n) is 4.14. The lowest BCUT2D eigenvalue weighted by atomic mass is 9.77. The monoisotopic (exact) mass is 393 g/mol. The number of carbonyl (C=O) groups is 1. The van der Waals surface area contributed by atoms with Crippen molar-refractivity contribution in [1.29, 1.82) is 0 Å². The highest BCUT2D eigenvalue weighted by molar-refractivity contribution is 6.07. The molecule has 1 amide bonds. The fourth-order valence-corrected chi connectivity index (χ4v) is 4.14. The summed E-state index contributed by atoms with van der Waals surface area (Å²) >= 11 is 0. The third kappa shape index (κ3) is 4.02. The quantitative estimate of drug-likeness (QED) is 0.495. The summed E-state index contributed by atoms with van der Waals surface area (Å²) < 4.78 is 0. The molecule has 3 aromatic rings. The maximum Gasteiger partial charge on any atom is 0.247 e. The average molecular weight is 394 g/mol. The standard InChI is InChI=1S/C28H27NO/c1-2-28(24-16-7-4-8-17-24,21-20-22-12-5-3-6-13-22)27(30)29-26-19-11-15-23-14-9-10-18-25(23)26/h4,7-12,14-19H,2-3,5-6,13H2,1H3,(H,29,30)/t28-/m1/s1. The molecule has 0 unspecified atom stereocenters. The maximum absolute atomic E-state index is 13.7. The van der Waals surface area contributed by atoms with Crippen molar-refractivity contribution in [3.8, 4) is 11.8 Å². The molecule has 1 aliphatic carbocycles. The van der Waals surface area contributed by atoms with E-state index >= 15 is 0 Å². The molecule has 0 saturated heterocycles. The highest BCUT2D eigenvalue weighted by Gasteiger charge is 2.37. The molecule has 1 atom stereocenters. The summed E-state index contributed by atoms with van der Waals surface area (Å²) in [7, 11) is 0. The van der Waals surface area contributed by atoms with Crippen LogP contribution in [0.2, 0.25) is 0 Å². The molecule has 2 nitrogen and oxygen atoms in total. The number of anilines is 1. The lowest BCUT2D eigenvalue weighted by molar-refractivity contribution is -0.119. The summed E-state index contributed by atoms with van der Waals surface area (Å²) in [6.07, 6.45) is 7.32. The van der Waals surface area contributed by atoms with Crippen molar-refractivity contribution in [2.45, 2.75) is 44.4 Å². The topological polar surface area (TPSA) is 29.1 Å². The number of carbonyl (C=O) groups excluding carboxylic acids is 1. The smallest absolute Gasteiger partial charge is 0.247 e. The summed E-state index contributed by atoms with van der Waals surface area (Å²) in [6, 6.07) is 24.1. The van der Waals surface area contributed by atoms with Gasteiger partial charge in [0.05, 0.1) is 0 Å². The molecule has 0 radical (unpaired) electrons. The Bertz CT molecular complexity index is 1130. The largest absolute Gasteiger partial charge is 0.324 e. The molecule has 3 aromatic carbocycles. The highest BCUT2D eigenvalue weighted by atomic mass is 16.2. The first-order valence-corrected chi connectivity index (χ1v) is 10.8. The summed E-state index contributed by atoms with van der Waals surface area (Å²) in [4.78, 5) is 13.7. The van der Waals surface area contributed by atoms with Crippen LogP contribution in [0.1, 0.15) is 44.6 Å². The van der Waals surface area contributed by atoms with E-state index in [-0.39, 0.29) is 5.91 Å². The number of nitrogens with one attached hydrogen (secondary N) is 1. The number of benzene rings is 3. The molecule has 30 heavy (non-hydrogen) atoms. The lowest BCUT2D eigenvalue weighted by Gasteiger charge is -2.27. The predicted molar refractivity (Wildman–Crippen MR) is 125 cm³/mol. The molecule has 0 aliphatic heterocycles. The predicted octanol–water partition coefficient (Wildman–Crippen LogP) is 6.63. The second-order valence-electron chi connectivity index (χ2n) is 7.83. The number of allylic oxidation sites excluding steroid dienone is 2. The molecule has 0 saturated carbocycles. The van der Waals surface area contributed by atoms with Gasteiger partial charge in [0.1, 0.15) is 5.41 Å². The van der Waals surface area contributed by atoms with Gasteiger partial charge in [0, 0.05) is 11.1 Å². The zero-order chi connectivity index (χ0) is 20.8. The van der Waals surface area contributed by atoms with Crippen LogP contribution in [0.5, 0.6) is 0 Å². The van der Waals surface area contributed by atoms with Gasteiger partial charge in [0.15, 0.2) is 0 Å². The summed E-state index contributed by atoms with van der Waals surface area (Å²) in [5.74, 6) is 6.70. The molecule has 0 fully saturated rings. The van der Waals surface area contributed by atoms with E-state index in [0.717, 1.165) is 40.4 Å². The SMILES string of the molecule is CC[C@](C#CC1=CCCCC1)(C(=O)Nc1cccc2ccccc12)c1ccccc1. The van der Waals surface area contributed by atoms with E-state index in [1.54, 1.807) is 0 Å². The highest BCUT2D eigenvalue weighted by Crippen LogP contribution is 2.32. The van der Waals surface area contributed by atoms with Crippen LogP contribution in [0.15, 0.2) is 84.4 Å². The minimum absolute atomic E-state index is 0.0727. The van der Waals surface area contributed by atoms with E-state index < -0.39 is 5.41 Å². The van der Waals surface area contributed by atoms with Crippen LogP contribution in [0.25, 0.3) is 10.8 Å². The van der Waals surface area contributed by atoms with E-state index in [9.17, 15) is 4.79 Å². The third-order valence-corrected chi connectivity index (χ3v) is 5.95. The minimum Gasteiger partial charge on any atom is -0.324 e. The van der Waals surface area contributed by atoms with Gasteiger partial charge in [-0.2, -0.15) is 0 Å². The number of fused-ring (bicyclic) bond motifs is 1. The molecule has 0 aromatic heterocycles. The number of hydrogen-bond donors (Lipinski definition) is 1. The van der Waals surface area contributed by atoms with Crippen LogP contribution in [0.4, 0.5) is 5.69 Å². The van der Waals surface area contributed by atoms with Crippen LogP contribution < -0.4 is 5.32 Å². The molecule has 2 heteroatoms. The Hall–Kier alpha value is -3.31. The summed E-state index contributed by atoms with van der Waals surface area (Å²) in [5.41, 5.74) is 2.03. The normalized spacial score (nSPS) is 15.4. The van der Waals surface area contributed by atoms with Crippen molar-refractivity contribution < 1.29 is 4.79 Å². The first-order valence-electron chi connectivity index (χ1n) is 10.8. The van der Waals surface area contributed by atoms with Crippen LogP contribution in [0, 0.1) is 11.8 Å². The van der Waals surface area contributed by atoms with E-state index in [1.807, 2.05) is 67.6 Å².